The van der Waals surface area contributed by atoms with Gasteiger partial charge in [-0.25, -0.2) is 9.59 Å². The van der Waals surface area contributed by atoms with Gasteiger partial charge in [0.15, 0.2) is 0 Å². The van der Waals surface area contributed by atoms with Crippen molar-refractivity contribution < 1.29 is 29.0 Å². The Bertz CT molecular complexity index is 1710. The van der Waals surface area contributed by atoms with Crippen LogP contribution in [-0.4, -0.2) is 94.3 Å². The van der Waals surface area contributed by atoms with E-state index in [0.29, 0.717) is 32.5 Å². The smallest absolute Gasteiger partial charge is 0.407 e. The number of alkyl carbamates (subject to hydrolysis) is 1. The quantitative estimate of drug-likeness (QED) is 0.171. The van der Waals surface area contributed by atoms with Crippen molar-refractivity contribution in [2.45, 2.75) is 105 Å². The molecule has 1 aromatic heterocycles. The molecule has 1 aliphatic rings. The number of hydrogen-bond acceptors (Lipinski definition) is 7. The third-order valence-corrected chi connectivity index (χ3v) is 9.67. The minimum absolute atomic E-state index is 0.0909. The third kappa shape index (κ3) is 11.8. The second-order valence-corrected chi connectivity index (χ2v) is 16.4. The minimum Gasteiger partial charge on any atom is -0.453 e. The van der Waals surface area contributed by atoms with Gasteiger partial charge in [0.1, 0.15) is 12.1 Å². The maximum Gasteiger partial charge on any atom is 0.407 e. The molecule has 2 heterocycles. The van der Waals surface area contributed by atoms with Crippen LogP contribution in [-0.2, 0) is 33.7 Å². The number of aliphatic hydroxyl groups excluding tert-OH is 1. The second kappa shape index (κ2) is 18.4. The van der Waals surface area contributed by atoms with Crippen LogP contribution in [0.3, 0.4) is 0 Å². The van der Waals surface area contributed by atoms with E-state index in [1.54, 1.807) is 9.80 Å². The summed E-state index contributed by atoms with van der Waals surface area (Å²) in [4.78, 5) is 62.2. The molecule has 4 N–H and O–H groups in total. The summed E-state index contributed by atoms with van der Waals surface area (Å²) in [6.07, 6.45) is -1.04. The zero-order valence-electron chi connectivity index (χ0n) is 33.0. The maximum absolute atomic E-state index is 14.5. The van der Waals surface area contributed by atoms with Crippen LogP contribution in [0.2, 0.25) is 0 Å². The molecule has 5 atom stereocenters. The van der Waals surface area contributed by atoms with E-state index in [4.69, 9.17) is 4.74 Å². The molecule has 0 bridgehead atoms. The van der Waals surface area contributed by atoms with E-state index < -0.39 is 53.1 Å². The standard InChI is InChI=1S/C42H58N6O6/c1-28-16-15-21-31(43-28)27-47-22-23-48(40(47)53)36(42(5,6)7)38(51)45-33(25-30-19-13-10-14-20-30)34(49)26-32(24-29-17-11-9-12-18-29)44-37(50)35(41(2,3)4)46-39(52)54-8/h9-21,32-36,49H,22-27H2,1-8H3,(H,44,50)(H,45,51)(H,46,52)/t32-,33-,34-,35+,36+/m0/s1. The lowest BCUT2D eigenvalue weighted by atomic mass is 9.84. The number of nitrogens with one attached hydrogen (secondary N) is 3. The molecule has 5 amide bonds. The molecule has 0 radical (unpaired) electrons. The number of pyridine rings is 1. The third-order valence-electron chi connectivity index (χ3n) is 9.67. The number of aromatic nitrogens is 1. The van der Waals surface area contributed by atoms with Gasteiger partial charge >= 0.3 is 12.1 Å². The fourth-order valence-electron chi connectivity index (χ4n) is 6.97. The zero-order chi connectivity index (χ0) is 39.6. The molecular formula is C42H58N6O6. The highest BCUT2D eigenvalue weighted by molar-refractivity contribution is 5.89. The Morgan fingerprint density at radius 2 is 1.41 bits per heavy atom. The van der Waals surface area contributed by atoms with E-state index in [1.165, 1.54) is 7.11 Å². The molecule has 2 aromatic carbocycles. The van der Waals surface area contributed by atoms with E-state index >= 15 is 0 Å². The van der Waals surface area contributed by atoms with Gasteiger partial charge in [-0.2, -0.15) is 0 Å². The lowest BCUT2D eigenvalue weighted by Gasteiger charge is -2.38. The maximum atomic E-state index is 14.5. The van der Waals surface area contributed by atoms with Crippen molar-refractivity contribution in [2.75, 3.05) is 20.2 Å². The van der Waals surface area contributed by atoms with Crippen LogP contribution < -0.4 is 16.0 Å². The summed E-state index contributed by atoms with van der Waals surface area (Å²) in [6, 6.07) is 21.6. The number of nitrogens with zero attached hydrogens (tertiary/aromatic N) is 3. The van der Waals surface area contributed by atoms with Crippen LogP contribution in [0.25, 0.3) is 0 Å². The van der Waals surface area contributed by atoms with E-state index in [0.717, 1.165) is 22.5 Å². The Balaban J connectivity index is 1.60. The molecule has 0 spiro atoms. The van der Waals surface area contributed by atoms with Gasteiger partial charge < -0.3 is 35.6 Å². The van der Waals surface area contributed by atoms with E-state index in [1.807, 2.05) is 127 Å². The Labute approximate surface area is 320 Å². The Morgan fingerprint density at radius 3 is 1.96 bits per heavy atom. The lowest BCUT2D eigenvalue weighted by Crippen LogP contribution is -2.59. The highest BCUT2D eigenvalue weighted by Crippen LogP contribution is 2.29. The number of rotatable bonds is 15. The first-order valence-electron chi connectivity index (χ1n) is 18.7. The molecular weight excluding hydrogens is 684 g/mol. The molecule has 1 aliphatic heterocycles. The average molecular weight is 743 g/mol. The number of aliphatic hydroxyl groups is 1. The minimum atomic E-state index is -1.11. The summed E-state index contributed by atoms with van der Waals surface area (Å²) in [7, 11) is 1.24. The molecule has 12 heteroatoms. The highest BCUT2D eigenvalue weighted by atomic mass is 16.5. The number of methoxy groups -OCH3 is 1. The van der Waals surface area contributed by atoms with E-state index in [9.17, 15) is 24.3 Å². The molecule has 4 rings (SSSR count). The van der Waals surface area contributed by atoms with E-state index in [2.05, 4.69) is 20.9 Å². The predicted octanol–water partition coefficient (Wildman–Crippen LogP) is 5.02. The van der Waals surface area contributed by atoms with Crippen LogP contribution in [0.15, 0.2) is 78.9 Å². The number of hydrogen-bond donors (Lipinski definition) is 4. The van der Waals surface area contributed by atoms with Crippen molar-refractivity contribution >= 4 is 23.9 Å². The van der Waals surface area contributed by atoms with Crippen LogP contribution in [0.5, 0.6) is 0 Å². The molecule has 0 saturated carbocycles. The Morgan fingerprint density at radius 1 is 0.796 bits per heavy atom. The van der Waals surface area contributed by atoms with Gasteiger partial charge in [0, 0.05) is 24.8 Å². The zero-order valence-corrected chi connectivity index (χ0v) is 33.0. The summed E-state index contributed by atoms with van der Waals surface area (Å²) >= 11 is 0. The van der Waals surface area contributed by atoms with Crippen molar-refractivity contribution in [3.63, 3.8) is 0 Å². The van der Waals surface area contributed by atoms with Crippen molar-refractivity contribution in [3.8, 4) is 0 Å². The molecule has 292 valence electrons. The van der Waals surface area contributed by atoms with Crippen LogP contribution in [0, 0.1) is 17.8 Å². The molecule has 0 aliphatic carbocycles. The monoisotopic (exact) mass is 742 g/mol. The summed E-state index contributed by atoms with van der Waals surface area (Å²) in [5.41, 5.74) is 2.19. The van der Waals surface area contributed by atoms with Gasteiger partial charge in [0.25, 0.3) is 0 Å². The van der Waals surface area contributed by atoms with Gasteiger partial charge in [0.05, 0.1) is 31.5 Å². The molecule has 0 unspecified atom stereocenters. The van der Waals surface area contributed by atoms with Crippen molar-refractivity contribution in [1.29, 1.82) is 0 Å². The van der Waals surface area contributed by atoms with Crippen molar-refractivity contribution in [2.24, 2.45) is 10.8 Å². The number of aryl methyl sites for hydroxylation is 1. The number of urea groups is 1. The normalized spacial score (nSPS) is 16.2. The Hall–Kier alpha value is -4.97. The molecule has 1 fully saturated rings. The molecule has 1 saturated heterocycles. The summed E-state index contributed by atoms with van der Waals surface area (Å²) in [6.45, 7) is 14.4. The SMILES string of the molecule is COC(=O)N[C@H](C(=O)N[C@@H](Cc1ccccc1)C[C@H](O)[C@H](Cc1ccccc1)NC(=O)[C@@H](N1CCN(Cc2cccc(C)n2)C1=O)C(C)(C)C)C(C)(C)C. The number of ether oxygens (including phenoxy) is 1. The molecule has 54 heavy (non-hydrogen) atoms. The highest BCUT2D eigenvalue weighted by Gasteiger charge is 2.44. The van der Waals surface area contributed by atoms with Gasteiger partial charge in [-0.1, -0.05) is 108 Å². The van der Waals surface area contributed by atoms with Crippen LogP contribution >= 0.6 is 0 Å². The van der Waals surface area contributed by atoms with Gasteiger partial charge in [0.2, 0.25) is 11.8 Å². The summed E-state index contributed by atoms with van der Waals surface area (Å²) in [5.74, 6) is -0.791. The lowest BCUT2D eigenvalue weighted by molar-refractivity contribution is -0.131. The van der Waals surface area contributed by atoms with Gasteiger partial charge in [-0.05, 0) is 60.3 Å². The van der Waals surface area contributed by atoms with Crippen LogP contribution in [0.1, 0.15) is 70.5 Å². The molecule has 12 nitrogen and oxygen atoms in total. The number of amides is 5. The summed E-state index contributed by atoms with van der Waals surface area (Å²) in [5, 5.41) is 20.9. The number of benzene rings is 2. The van der Waals surface area contributed by atoms with Crippen molar-refractivity contribution in [3.05, 3.63) is 101 Å². The van der Waals surface area contributed by atoms with Gasteiger partial charge in [-0.3, -0.25) is 14.6 Å². The first kappa shape index (κ1) is 41.8. The molecule has 3 aromatic rings. The first-order chi connectivity index (χ1) is 25.5. The van der Waals surface area contributed by atoms with Crippen molar-refractivity contribution in [1.82, 2.24) is 30.7 Å². The predicted molar refractivity (Wildman–Crippen MR) is 208 cm³/mol. The Kier molecular flexibility index (Phi) is 14.2. The number of carbonyl (C=O) groups is 4. The average Bonchev–Trinajstić information content (AvgIpc) is 3.44. The second-order valence-electron chi connectivity index (χ2n) is 16.4. The largest absolute Gasteiger partial charge is 0.453 e. The first-order valence-corrected chi connectivity index (χ1v) is 18.7. The topological polar surface area (TPSA) is 153 Å². The fourth-order valence-corrected chi connectivity index (χ4v) is 6.97. The fraction of sp³-hybridized carbons (Fsp3) is 0.500. The van der Waals surface area contributed by atoms with Gasteiger partial charge in [-0.15, -0.1) is 0 Å². The number of carbonyl (C=O) groups excluding carboxylic acids is 4. The summed E-state index contributed by atoms with van der Waals surface area (Å²) < 4.78 is 4.80. The van der Waals surface area contributed by atoms with E-state index in [-0.39, 0.29) is 18.4 Å². The van der Waals surface area contributed by atoms with Crippen LogP contribution in [0.4, 0.5) is 9.59 Å².